The first-order valence-electron chi connectivity index (χ1n) is 8.73. The Kier molecular flexibility index (Phi) is 2.36. The third kappa shape index (κ3) is 1.64. The lowest BCUT2D eigenvalue weighted by atomic mass is 9.63. The number of quaternary nitrogens is 2. The van der Waals surface area contributed by atoms with Crippen LogP contribution in [-0.2, 0) is 0 Å². The van der Waals surface area contributed by atoms with Crippen molar-refractivity contribution in [2.24, 2.45) is 10.8 Å². The first-order chi connectivity index (χ1) is 10.5. The first-order valence-corrected chi connectivity index (χ1v) is 8.73. The monoisotopic (exact) mass is 297 g/mol. The van der Waals surface area contributed by atoms with Crippen LogP contribution in [0.4, 0.5) is 0 Å². The lowest BCUT2D eigenvalue weighted by Crippen LogP contribution is -3.40. The third-order valence-electron chi connectivity index (χ3n) is 6.52. The minimum atomic E-state index is 0.562. The van der Waals surface area contributed by atoms with Crippen LogP contribution in [0.1, 0.15) is 37.7 Å². The Morgan fingerprint density at radius 3 is 2.23 bits per heavy atom. The van der Waals surface area contributed by atoms with Gasteiger partial charge in [-0.2, -0.15) is 0 Å². The van der Waals surface area contributed by atoms with E-state index in [9.17, 15) is 0 Å². The maximum Gasteiger partial charge on any atom is 0.242 e. The summed E-state index contributed by atoms with van der Waals surface area (Å²) in [5.74, 6) is 0. The summed E-state index contributed by atoms with van der Waals surface area (Å²) in [4.78, 5) is 7.29. The van der Waals surface area contributed by atoms with E-state index in [0.717, 1.165) is 0 Å². The summed E-state index contributed by atoms with van der Waals surface area (Å²) in [5.41, 5.74) is 5.40. The molecule has 4 bridgehead atoms. The Hall–Kier alpha value is -1.32. The van der Waals surface area contributed by atoms with Crippen molar-refractivity contribution in [3.8, 4) is 0 Å². The minimum absolute atomic E-state index is 0.562. The average Bonchev–Trinajstić information content (AvgIpc) is 2.72. The van der Waals surface area contributed by atoms with Gasteiger partial charge in [-0.25, -0.2) is 0 Å². The van der Waals surface area contributed by atoms with Gasteiger partial charge in [0.25, 0.3) is 0 Å². The fourth-order valence-corrected chi connectivity index (χ4v) is 6.50. The fraction of sp³-hybridized carbons (Fsp3) is 0.579. The van der Waals surface area contributed by atoms with Crippen LogP contribution in [0.25, 0.3) is 10.9 Å². The number of aromatic nitrogens is 1. The molecule has 3 heteroatoms. The second kappa shape index (κ2) is 3.95. The molecule has 1 aromatic carbocycles. The summed E-state index contributed by atoms with van der Waals surface area (Å²) in [5, 5.41) is 1.45. The quantitative estimate of drug-likeness (QED) is 0.690. The predicted molar refractivity (Wildman–Crippen MR) is 88.0 cm³/mol. The Balaban J connectivity index is 1.66. The molecule has 116 valence electrons. The van der Waals surface area contributed by atoms with Crippen molar-refractivity contribution in [1.82, 2.24) is 4.98 Å². The first kappa shape index (κ1) is 13.1. The molecular formula is C19H27N3+2. The van der Waals surface area contributed by atoms with Gasteiger partial charge in [-0.3, -0.25) is 9.80 Å². The normalized spacial score (nSPS) is 43.1. The van der Waals surface area contributed by atoms with E-state index in [1.807, 2.05) is 9.80 Å². The highest BCUT2D eigenvalue weighted by Gasteiger charge is 2.63. The van der Waals surface area contributed by atoms with E-state index >= 15 is 0 Å². The SMILES string of the molecule is Cc1[nH]c2ccccc2c1C1[NH+]2CC3(C)C[NH+]1CC(C)(C2)C3. The second-order valence-electron chi connectivity index (χ2n) is 8.96. The van der Waals surface area contributed by atoms with E-state index in [1.54, 1.807) is 5.56 Å². The number of hydrogen-bond acceptors (Lipinski definition) is 0. The number of benzene rings is 1. The van der Waals surface area contributed by atoms with Crippen LogP contribution < -0.4 is 9.80 Å². The number of fused-ring (bicyclic) bond motifs is 1. The molecule has 3 N–H and O–H groups in total. The molecule has 0 aliphatic carbocycles. The fourth-order valence-electron chi connectivity index (χ4n) is 6.50. The Labute approximate surface area is 132 Å². The molecule has 22 heavy (non-hydrogen) atoms. The van der Waals surface area contributed by atoms with Crippen molar-refractivity contribution in [2.45, 2.75) is 33.4 Å². The van der Waals surface area contributed by atoms with Gasteiger partial charge in [-0.05, 0) is 33.3 Å². The Bertz CT molecular complexity index is 723. The van der Waals surface area contributed by atoms with E-state index in [-0.39, 0.29) is 0 Å². The summed E-state index contributed by atoms with van der Waals surface area (Å²) < 4.78 is 0. The zero-order valence-corrected chi connectivity index (χ0v) is 13.9. The van der Waals surface area contributed by atoms with E-state index < -0.39 is 0 Å². The molecule has 0 spiro atoms. The summed E-state index contributed by atoms with van der Waals surface area (Å²) in [6.45, 7) is 12.8. The van der Waals surface area contributed by atoms with Crippen LogP contribution in [0.5, 0.6) is 0 Å². The summed E-state index contributed by atoms with van der Waals surface area (Å²) >= 11 is 0. The van der Waals surface area contributed by atoms with Gasteiger partial charge < -0.3 is 4.98 Å². The molecule has 0 saturated carbocycles. The number of hydrogen-bond donors (Lipinski definition) is 3. The number of nitrogens with one attached hydrogen (secondary N) is 3. The van der Waals surface area contributed by atoms with Crippen molar-refractivity contribution in [2.75, 3.05) is 26.2 Å². The van der Waals surface area contributed by atoms with Gasteiger partial charge in [0.15, 0.2) is 0 Å². The van der Waals surface area contributed by atoms with Crippen LogP contribution >= 0.6 is 0 Å². The molecule has 6 rings (SSSR count). The molecule has 1 aromatic heterocycles. The molecule has 2 aromatic rings. The molecule has 5 heterocycles. The van der Waals surface area contributed by atoms with E-state index in [1.165, 1.54) is 49.2 Å². The molecule has 4 fully saturated rings. The highest BCUT2D eigenvalue weighted by molar-refractivity contribution is 5.84. The number of aromatic amines is 1. The molecular weight excluding hydrogens is 270 g/mol. The van der Waals surface area contributed by atoms with Gasteiger partial charge in [0.05, 0.1) is 42.6 Å². The smallest absolute Gasteiger partial charge is 0.242 e. The number of para-hydroxylation sites is 1. The maximum absolute atomic E-state index is 3.63. The van der Waals surface area contributed by atoms with Gasteiger partial charge in [0.1, 0.15) is 0 Å². The van der Waals surface area contributed by atoms with Crippen molar-refractivity contribution >= 4 is 10.9 Å². The topological polar surface area (TPSA) is 24.7 Å². The number of rotatable bonds is 1. The molecule has 4 aliphatic heterocycles. The summed E-state index contributed by atoms with van der Waals surface area (Å²) in [6.07, 6.45) is 2.07. The van der Waals surface area contributed by atoms with Crippen LogP contribution in [0.3, 0.4) is 0 Å². The highest BCUT2D eigenvalue weighted by atomic mass is 15.4. The maximum atomic E-state index is 3.63. The van der Waals surface area contributed by atoms with Crippen molar-refractivity contribution in [3.63, 3.8) is 0 Å². The third-order valence-corrected chi connectivity index (χ3v) is 6.52. The lowest BCUT2D eigenvalue weighted by Gasteiger charge is -2.60. The van der Waals surface area contributed by atoms with Gasteiger partial charge in [-0.15, -0.1) is 0 Å². The van der Waals surface area contributed by atoms with Crippen LogP contribution in [0.2, 0.25) is 0 Å². The van der Waals surface area contributed by atoms with Crippen molar-refractivity contribution in [1.29, 1.82) is 0 Å². The highest BCUT2D eigenvalue weighted by Crippen LogP contribution is 2.40. The van der Waals surface area contributed by atoms with E-state index in [0.29, 0.717) is 17.0 Å². The molecule has 0 atom stereocenters. The lowest BCUT2D eigenvalue weighted by molar-refractivity contribution is -1.18. The molecule has 4 aliphatic rings. The number of piperidine rings is 2. The van der Waals surface area contributed by atoms with Gasteiger partial charge >= 0.3 is 0 Å². The van der Waals surface area contributed by atoms with Gasteiger partial charge in [0, 0.05) is 16.6 Å². The van der Waals surface area contributed by atoms with Crippen LogP contribution in [-0.4, -0.2) is 31.2 Å². The number of H-pyrrole nitrogens is 1. The Morgan fingerprint density at radius 1 is 1.00 bits per heavy atom. The van der Waals surface area contributed by atoms with Gasteiger partial charge in [-0.1, -0.05) is 18.2 Å². The minimum Gasteiger partial charge on any atom is -0.358 e. The summed E-state index contributed by atoms with van der Waals surface area (Å²) in [6, 6.07) is 8.86. The van der Waals surface area contributed by atoms with Crippen molar-refractivity contribution < 1.29 is 9.80 Å². The van der Waals surface area contributed by atoms with Crippen LogP contribution in [0, 0.1) is 17.8 Å². The van der Waals surface area contributed by atoms with Gasteiger partial charge in [0.2, 0.25) is 6.17 Å². The largest absolute Gasteiger partial charge is 0.358 e. The predicted octanol–water partition coefficient (Wildman–Crippen LogP) is 0.688. The van der Waals surface area contributed by atoms with Crippen LogP contribution in [0.15, 0.2) is 24.3 Å². The molecule has 0 radical (unpaired) electrons. The molecule has 0 unspecified atom stereocenters. The molecule has 4 saturated heterocycles. The molecule has 0 amide bonds. The standard InChI is InChI=1S/C19H25N3/c1-13-16(14-6-4-5-7-15(14)20-13)17-21-9-18(2)8-19(3,11-21)12-22(17)10-18/h4-7,17,20H,8-12H2,1-3H3/p+2. The number of aryl methyl sites for hydroxylation is 1. The van der Waals surface area contributed by atoms with Crippen molar-refractivity contribution in [3.05, 3.63) is 35.5 Å². The molecule has 3 nitrogen and oxygen atoms in total. The Morgan fingerprint density at radius 2 is 1.59 bits per heavy atom. The summed E-state index contributed by atoms with van der Waals surface area (Å²) in [7, 11) is 0. The zero-order valence-electron chi connectivity index (χ0n) is 13.9. The second-order valence-corrected chi connectivity index (χ2v) is 8.96. The average molecular weight is 297 g/mol. The van der Waals surface area contributed by atoms with E-state index in [2.05, 4.69) is 50.0 Å². The zero-order chi connectivity index (χ0) is 15.1. The van der Waals surface area contributed by atoms with E-state index in [4.69, 9.17) is 0 Å².